The van der Waals surface area contributed by atoms with Gasteiger partial charge in [0.15, 0.2) is 0 Å². The zero-order valence-electron chi connectivity index (χ0n) is 25.5. The van der Waals surface area contributed by atoms with Crippen molar-refractivity contribution in [1.82, 2.24) is 10.6 Å². The third kappa shape index (κ3) is 17.2. The molecule has 0 fully saturated rings. The molecule has 2 N–H and O–H groups in total. The summed E-state index contributed by atoms with van der Waals surface area (Å²) in [6.07, 6.45) is 24.1. The summed E-state index contributed by atoms with van der Waals surface area (Å²) >= 11 is 0. The Hall–Kier alpha value is -2.14. The number of ether oxygens (including phenoxy) is 1. The number of hydrogen-bond acceptors (Lipinski definition) is 4. The number of carbonyl (C=O) groups excluding carboxylic acids is 2. The molecule has 0 aliphatic rings. The van der Waals surface area contributed by atoms with Gasteiger partial charge in [-0.3, -0.25) is 4.79 Å². The maximum Gasteiger partial charge on any atom is 0.328 e. The molecule has 0 aromatic heterocycles. The number of methoxy groups -OCH3 is 1. The van der Waals surface area contributed by atoms with Crippen molar-refractivity contribution >= 4 is 11.9 Å². The molecule has 0 bridgehead atoms. The van der Waals surface area contributed by atoms with E-state index >= 15 is 0 Å². The second-order valence-electron chi connectivity index (χ2n) is 11.0. The summed E-state index contributed by atoms with van der Waals surface area (Å²) in [6, 6.07) is 9.04. The number of esters is 1. The zero-order chi connectivity index (χ0) is 28.6. The minimum absolute atomic E-state index is 0.00888. The van der Waals surface area contributed by atoms with Crippen LogP contribution in [0.4, 0.5) is 0 Å². The Balaban J connectivity index is 2.30. The quantitative estimate of drug-likeness (QED) is 0.0791. The average Bonchev–Trinajstić information content (AvgIpc) is 2.96. The molecule has 3 atom stereocenters. The molecule has 0 heterocycles. The van der Waals surface area contributed by atoms with Crippen LogP contribution in [-0.4, -0.2) is 37.6 Å². The van der Waals surface area contributed by atoms with E-state index in [2.05, 4.69) is 29.7 Å². The number of hydrogen-bond donors (Lipinski definition) is 2. The van der Waals surface area contributed by atoms with Gasteiger partial charge in [-0.15, -0.1) is 0 Å². The maximum atomic E-state index is 13.2. The van der Waals surface area contributed by atoms with Crippen LogP contribution < -0.4 is 10.6 Å². The van der Waals surface area contributed by atoms with Crippen molar-refractivity contribution < 1.29 is 14.3 Å². The van der Waals surface area contributed by atoms with Gasteiger partial charge in [0.25, 0.3) is 0 Å². The van der Waals surface area contributed by atoms with Gasteiger partial charge in [0.05, 0.1) is 13.2 Å². The molecule has 39 heavy (non-hydrogen) atoms. The summed E-state index contributed by atoms with van der Waals surface area (Å²) < 4.78 is 4.95. The lowest BCUT2D eigenvalue weighted by Gasteiger charge is -2.25. The molecular weight excluding hydrogens is 484 g/mol. The van der Waals surface area contributed by atoms with Crippen LogP contribution >= 0.6 is 0 Å². The largest absolute Gasteiger partial charge is 0.467 e. The van der Waals surface area contributed by atoms with Crippen LogP contribution in [0.25, 0.3) is 0 Å². The first-order valence-corrected chi connectivity index (χ1v) is 15.8. The molecule has 0 spiro atoms. The first-order valence-electron chi connectivity index (χ1n) is 15.8. The van der Waals surface area contributed by atoms with Crippen LogP contribution in [0.15, 0.2) is 42.5 Å². The first-order chi connectivity index (χ1) is 19.0. The van der Waals surface area contributed by atoms with E-state index in [9.17, 15) is 9.59 Å². The van der Waals surface area contributed by atoms with E-state index in [0.29, 0.717) is 6.42 Å². The Morgan fingerprint density at radius 2 is 1.38 bits per heavy atom. The topological polar surface area (TPSA) is 67.4 Å². The van der Waals surface area contributed by atoms with Gasteiger partial charge in [-0.25, -0.2) is 4.79 Å². The number of nitrogens with one attached hydrogen (secondary N) is 2. The second kappa shape index (κ2) is 23.7. The van der Waals surface area contributed by atoms with Crippen LogP contribution in [0.3, 0.4) is 0 Å². The normalized spacial score (nSPS) is 13.7. The van der Waals surface area contributed by atoms with Crippen molar-refractivity contribution in [3.8, 4) is 0 Å². The molecule has 0 aliphatic heterocycles. The lowest BCUT2D eigenvalue weighted by molar-refractivity contribution is -0.146. The zero-order valence-corrected chi connectivity index (χ0v) is 25.5. The van der Waals surface area contributed by atoms with E-state index in [1.54, 1.807) is 0 Å². The van der Waals surface area contributed by atoms with E-state index < -0.39 is 6.04 Å². The van der Waals surface area contributed by atoms with Gasteiger partial charge in [0.1, 0.15) is 6.04 Å². The summed E-state index contributed by atoms with van der Waals surface area (Å²) in [5, 5.41) is 6.43. The van der Waals surface area contributed by atoms with Gasteiger partial charge in [0.2, 0.25) is 5.91 Å². The van der Waals surface area contributed by atoms with Crippen LogP contribution in [0, 0.1) is 5.92 Å². The Kier molecular flexibility index (Phi) is 21.2. The second-order valence-corrected chi connectivity index (χ2v) is 11.0. The van der Waals surface area contributed by atoms with E-state index in [1.807, 2.05) is 44.2 Å². The van der Waals surface area contributed by atoms with Crippen LogP contribution in [-0.2, 0) is 20.7 Å². The van der Waals surface area contributed by atoms with Gasteiger partial charge < -0.3 is 15.4 Å². The molecule has 0 unspecified atom stereocenters. The average molecular weight is 543 g/mol. The predicted molar refractivity (Wildman–Crippen MR) is 165 cm³/mol. The Labute approximate surface area is 239 Å². The van der Waals surface area contributed by atoms with Crippen molar-refractivity contribution in [2.45, 2.75) is 136 Å². The number of allylic oxidation sites excluding steroid dienone is 2. The third-order valence-electron chi connectivity index (χ3n) is 7.64. The van der Waals surface area contributed by atoms with Crippen molar-refractivity contribution in [3.05, 3.63) is 48.0 Å². The van der Waals surface area contributed by atoms with Crippen molar-refractivity contribution in [3.63, 3.8) is 0 Å². The van der Waals surface area contributed by atoms with Crippen molar-refractivity contribution in [2.24, 2.45) is 5.92 Å². The Morgan fingerprint density at radius 3 is 1.95 bits per heavy atom. The van der Waals surface area contributed by atoms with E-state index in [0.717, 1.165) is 31.4 Å². The summed E-state index contributed by atoms with van der Waals surface area (Å²) in [5.74, 6) is -0.516. The molecule has 222 valence electrons. The highest BCUT2D eigenvalue weighted by atomic mass is 16.5. The van der Waals surface area contributed by atoms with Crippen molar-refractivity contribution in [2.75, 3.05) is 13.7 Å². The monoisotopic (exact) mass is 542 g/mol. The maximum absolute atomic E-state index is 13.2. The minimum atomic E-state index is -0.627. The van der Waals surface area contributed by atoms with E-state index in [-0.39, 0.29) is 23.8 Å². The fraction of sp³-hybridized carbons (Fsp3) is 0.706. The van der Waals surface area contributed by atoms with Crippen LogP contribution in [0.2, 0.25) is 0 Å². The van der Waals surface area contributed by atoms with Gasteiger partial charge in [-0.2, -0.15) is 0 Å². The van der Waals surface area contributed by atoms with Gasteiger partial charge >= 0.3 is 5.97 Å². The highest BCUT2D eigenvalue weighted by molar-refractivity contribution is 5.87. The molecule has 5 heteroatoms. The number of benzene rings is 1. The molecule has 1 aromatic carbocycles. The number of unbranched alkanes of at least 4 members (excludes halogenated alkanes) is 12. The minimum Gasteiger partial charge on any atom is -0.467 e. The third-order valence-corrected chi connectivity index (χ3v) is 7.64. The SMILES string of the molecule is CCCCCCCC/C=C\CCCCCCCCN[C@@H](Cc1ccccc1)C(=O)N[C@H](C(=O)OC)[C@@H](C)CC. The molecule has 0 saturated carbocycles. The molecule has 1 amide bonds. The van der Waals surface area contributed by atoms with Gasteiger partial charge in [0, 0.05) is 0 Å². The number of rotatable bonds is 24. The molecule has 0 saturated heterocycles. The highest BCUT2D eigenvalue weighted by Gasteiger charge is 2.29. The summed E-state index contributed by atoms with van der Waals surface area (Å²) in [6.45, 7) is 7.04. The fourth-order valence-electron chi connectivity index (χ4n) is 4.81. The van der Waals surface area contributed by atoms with E-state index in [1.165, 1.54) is 84.2 Å². The summed E-state index contributed by atoms with van der Waals surface area (Å²) in [7, 11) is 1.37. The molecule has 1 aromatic rings. The van der Waals surface area contributed by atoms with Crippen molar-refractivity contribution in [1.29, 1.82) is 0 Å². The standard InChI is InChI=1S/C34H58N2O3/c1-5-7-8-9-10-11-12-13-14-15-16-17-18-19-20-24-27-35-31(28-30-25-22-21-23-26-30)33(37)36-32(29(3)6-2)34(38)39-4/h13-14,21-23,25-26,29,31-32,35H,5-12,15-20,24,27-28H2,1-4H3,(H,36,37)/b14-13-/t29-,31-,32-/m0/s1. The fourth-order valence-corrected chi connectivity index (χ4v) is 4.81. The summed E-state index contributed by atoms with van der Waals surface area (Å²) in [4.78, 5) is 25.5. The predicted octanol–water partition coefficient (Wildman–Crippen LogP) is 7.93. The molecule has 0 aliphatic carbocycles. The Morgan fingerprint density at radius 1 is 0.821 bits per heavy atom. The molecule has 1 rings (SSSR count). The Bertz CT molecular complexity index is 765. The van der Waals surface area contributed by atoms with Crippen LogP contribution in [0.5, 0.6) is 0 Å². The highest BCUT2D eigenvalue weighted by Crippen LogP contribution is 2.12. The van der Waals surface area contributed by atoms with E-state index in [4.69, 9.17) is 4.74 Å². The lowest BCUT2D eigenvalue weighted by Crippen LogP contribution is -2.53. The van der Waals surface area contributed by atoms with Gasteiger partial charge in [-0.1, -0.05) is 127 Å². The lowest BCUT2D eigenvalue weighted by atomic mass is 9.98. The van der Waals surface area contributed by atoms with Crippen LogP contribution in [0.1, 0.15) is 123 Å². The summed E-state index contributed by atoms with van der Waals surface area (Å²) in [5.41, 5.74) is 1.10. The number of amides is 1. The molecular formula is C34H58N2O3. The molecule has 5 nitrogen and oxygen atoms in total. The number of carbonyl (C=O) groups is 2. The van der Waals surface area contributed by atoms with Gasteiger partial charge in [-0.05, 0) is 56.6 Å². The smallest absolute Gasteiger partial charge is 0.328 e. The first kappa shape index (κ1) is 34.9. The molecule has 0 radical (unpaired) electrons.